The van der Waals surface area contributed by atoms with Gasteiger partial charge in [-0.05, 0) is 25.1 Å². The Morgan fingerprint density at radius 3 is 2.71 bits per heavy atom. The van der Waals surface area contributed by atoms with Crippen molar-refractivity contribution in [1.29, 1.82) is 0 Å². The van der Waals surface area contributed by atoms with Gasteiger partial charge in [-0.1, -0.05) is 23.8 Å². The van der Waals surface area contributed by atoms with Crippen molar-refractivity contribution < 1.29 is 19.4 Å². The third-order valence-corrected chi connectivity index (χ3v) is 2.66. The van der Waals surface area contributed by atoms with Crippen LogP contribution in [0.1, 0.15) is 17.3 Å². The average molecular weight is 313 g/mol. The van der Waals surface area contributed by atoms with Crippen molar-refractivity contribution in [2.75, 3.05) is 25.1 Å². The largest absolute Gasteiger partial charge is 0.478 e. The van der Waals surface area contributed by atoms with Gasteiger partial charge in [0.15, 0.2) is 0 Å². The van der Waals surface area contributed by atoms with Crippen LogP contribution in [0.25, 0.3) is 0 Å². The SMILES string of the molecule is C=C(C)COCCNC(=O)Nc1ccc(C(=O)O)cc1Cl. The number of hydrogen-bond donors (Lipinski definition) is 3. The number of carboxylic acids is 1. The summed E-state index contributed by atoms with van der Waals surface area (Å²) in [5.41, 5.74) is 1.30. The molecule has 0 aliphatic carbocycles. The van der Waals surface area contributed by atoms with Gasteiger partial charge in [0.05, 0.1) is 29.5 Å². The van der Waals surface area contributed by atoms with Gasteiger partial charge >= 0.3 is 12.0 Å². The fraction of sp³-hybridized carbons (Fsp3) is 0.286. The molecule has 0 heterocycles. The maximum Gasteiger partial charge on any atom is 0.335 e. The minimum atomic E-state index is -1.08. The lowest BCUT2D eigenvalue weighted by molar-refractivity contribution is 0.0697. The van der Waals surface area contributed by atoms with Crippen molar-refractivity contribution in [3.63, 3.8) is 0 Å². The van der Waals surface area contributed by atoms with Crippen LogP contribution in [-0.4, -0.2) is 36.9 Å². The van der Waals surface area contributed by atoms with Crippen molar-refractivity contribution >= 4 is 29.3 Å². The van der Waals surface area contributed by atoms with Gasteiger partial charge in [0.2, 0.25) is 0 Å². The van der Waals surface area contributed by atoms with Crippen LogP contribution in [0.4, 0.5) is 10.5 Å². The number of urea groups is 1. The third-order valence-electron chi connectivity index (χ3n) is 2.34. The molecule has 0 aliphatic heterocycles. The van der Waals surface area contributed by atoms with Crippen LogP contribution < -0.4 is 10.6 Å². The molecule has 7 heteroatoms. The molecule has 0 aromatic heterocycles. The van der Waals surface area contributed by atoms with E-state index in [1.54, 1.807) is 0 Å². The average Bonchev–Trinajstić information content (AvgIpc) is 2.40. The van der Waals surface area contributed by atoms with E-state index in [9.17, 15) is 9.59 Å². The second-order valence-electron chi connectivity index (χ2n) is 4.39. The zero-order chi connectivity index (χ0) is 15.8. The summed E-state index contributed by atoms with van der Waals surface area (Å²) in [6.07, 6.45) is 0. The third kappa shape index (κ3) is 6.29. The Morgan fingerprint density at radius 1 is 1.43 bits per heavy atom. The van der Waals surface area contributed by atoms with Gasteiger partial charge in [0.1, 0.15) is 0 Å². The molecule has 21 heavy (non-hydrogen) atoms. The van der Waals surface area contributed by atoms with E-state index < -0.39 is 12.0 Å². The molecule has 0 bridgehead atoms. The first kappa shape index (κ1) is 17.0. The van der Waals surface area contributed by atoms with Crippen LogP contribution in [0.5, 0.6) is 0 Å². The highest BCUT2D eigenvalue weighted by atomic mass is 35.5. The number of amides is 2. The first-order valence-corrected chi connectivity index (χ1v) is 6.57. The van der Waals surface area contributed by atoms with Crippen molar-refractivity contribution in [1.82, 2.24) is 5.32 Å². The monoisotopic (exact) mass is 312 g/mol. The van der Waals surface area contributed by atoms with Crippen LogP contribution in [0, 0.1) is 0 Å². The molecule has 1 rings (SSSR count). The van der Waals surface area contributed by atoms with Crippen LogP contribution in [0.3, 0.4) is 0 Å². The van der Waals surface area contributed by atoms with E-state index in [1.165, 1.54) is 18.2 Å². The molecular weight excluding hydrogens is 296 g/mol. The molecule has 1 aromatic rings. The van der Waals surface area contributed by atoms with Crippen LogP contribution >= 0.6 is 11.6 Å². The van der Waals surface area contributed by atoms with Crippen LogP contribution in [0.15, 0.2) is 30.4 Å². The summed E-state index contributed by atoms with van der Waals surface area (Å²) in [5.74, 6) is -1.08. The lowest BCUT2D eigenvalue weighted by atomic mass is 10.2. The Morgan fingerprint density at radius 2 is 2.14 bits per heavy atom. The predicted octanol–water partition coefficient (Wildman–Crippen LogP) is 2.75. The maximum absolute atomic E-state index is 11.6. The van der Waals surface area contributed by atoms with Crippen molar-refractivity contribution in [2.24, 2.45) is 0 Å². The molecule has 0 aliphatic rings. The molecule has 0 unspecified atom stereocenters. The summed E-state index contributed by atoms with van der Waals surface area (Å²) in [4.78, 5) is 22.4. The lowest BCUT2D eigenvalue weighted by Gasteiger charge is -2.10. The number of benzene rings is 1. The van der Waals surface area contributed by atoms with Gasteiger partial charge in [0, 0.05) is 6.54 Å². The van der Waals surface area contributed by atoms with Gasteiger partial charge in [-0.25, -0.2) is 9.59 Å². The van der Waals surface area contributed by atoms with Crippen molar-refractivity contribution in [2.45, 2.75) is 6.92 Å². The number of anilines is 1. The van der Waals surface area contributed by atoms with E-state index in [-0.39, 0.29) is 10.6 Å². The van der Waals surface area contributed by atoms with E-state index in [1.807, 2.05) is 6.92 Å². The fourth-order valence-electron chi connectivity index (χ4n) is 1.40. The summed E-state index contributed by atoms with van der Waals surface area (Å²) >= 11 is 5.90. The molecule has 0 radical (unpaired) electrons. The smallest absolute Gasteiger partial charge is 0.335 e. The zero-order valence-electron chi connectivity index (χ0n) is 11.6. The minimum absolute atomic E-state index is 0.0548. The highest BCUT2D eigenvalue weighted by Crippen LogP contribution is 2.22. The minimum Gasteiger partial charge on any atom is -0.478 e. The van der Waals surface area contributed by atoms with E-state index in [0.29, 0.717) is 25.4 Å². The number of halogens is 1. The highest BCUT2D eigenvalue weighted by molar-refractivity contribution is 6.34. The van der Waals surface area contributed by atoms with Crippen molar-refractivity contribution in [3.05, 3.63) is 40.9 Å². The highest BCUT2D eigenvalue weighted by Gasteiger charge is 2.09. The maximum atomic E-state index is 11.6. The Hall–Kier alpha value is -2.05. The quantitative estimate of drug-likeness (QED) is 0.533. The number of ether oxygens (including phenoxy) is 1. The Balaban J connectivity index is 2.41. The molecule has 3 N–H and O–H groups in total. The fourth-order valence-corrected chi connectivity index (χ4v) is 1.63. The second kappa shape index (κ2) is 8.28. The van der Waals surface area contributed by atoms with Crippen LogP contribution in [-0.2, 0) is 4.74 Å². The number of carbonyl (C=O) groups excluding carboxylic acids is 1. The lowest BCUT2D eigenvalue weighted by Crippen LogP contribution is -2.31. The first-order valence-electron chi connectivity index (χ1n) is 6.20. The molecule has 1 aromatic carbocycles. The Kier molecular flexibility index (Phi) is 6.71. The molecule has 2 amide bonds. The molecular formula is C14H17ClN2O4. The number of hydrogen-bond acceptors (Lipinski definition) is 3. The molecule has 0 saturated carbocycles. The number of nitrogens with one attached hydrogen (secondary N) is 2. The Labute approximate surface area is 127 Å². The van der Waals surface area contributed by atoms with Crippen molar-refractivity contribution in [3.8, 4) is 0 Å². The summed E-state index contributed by atoms with van der Waals surface area (Å²) < 4.78 is 5.23. The van der Waals surface area contributed by atoms with Gasteiger partial charge in [0.25, 0.3) is 0 Å². The van der Waals surface area contributed by atoms with Crippen LogP contribution in [0.2, 0.25) is 5.02 Å². The number of carbonyl (C=O) groups is 2. The summed E-state index contributed by atoms with van der Waals surface area (Å²) in [7, 11) is 0. The summed E-state index contributed by atoms with van der Waals surface area (Å²) in [6.45, 7) is 6.70. The molecule has 6 nitrogen and oxygen atoms in total. The van der Waals surface area contributed by atoms with E-state index in [4.69, 9.17) is 21.4 Å². The van der Waals surface area contributed by atoms with E-state index >= 15 is 0 Å². The van der Waals surface area contributed by atoms with Gasteiger partial charge < -0.3 is 20.5 Å². The number of carboxylic acid groups (broad SMARTS) is 1. The van der Waals surface area contributed by atoms with Gasteiger partial charge in [-0.3, -0.25) is 0 Å². The normalized spacial score (nSPS) is 10.0. The molecule has 0 fully saturated rings. The molecule has 0 spiro atoms. The summed E-state index contributed by atoms with van der Waals surface area (Å²) in [6, 6.07) is 3.62. The van der Waals surface area contributed by atoms with Gasteiger partial charge in [-0.15, -0.1) is 0 Å². The van der Waals surface area contributed by atoms with E-state index in [0.717, 1.165) is 5.57 Å². The topological polar surface area (TPSA) is 87.7 Å². The standard InChI is InChI=1S/C14H17ClN2O4/c1-9(2)8-21-6-5-16-14(20)17-12-4-3-10(13(18)19)7-11(12)15/h3-4,7H,1,5-6,8H2,2H3,(H,18,19)(H2,16,17,20). The first-order chi connectivity index (χ1) is 9.90. The number of rotatable bonds is 7. The second-order valence-corrected chi connectivity index (χ2v) is 4.80. The number of aromatic carboxylic acids is 1. The van der Waals surface area contributed by atoms with E-state index in [2.05, 4.69) is 17.2 Å². The predicted molar refractivity (Wildman–Crippen MR) is 81.1 cm³/mol. The molecule has 0 saturated heterocycles. The van der Waals surface area contributed by atoms with Gasteiger partial charge in [-0.2, -0.15) is 0 Å². The molecule has 114 valence electrons. The zero-order valence-corrected chi connectivity index (χ0v) is 12.4. The molecule has 0 atom stereocenters. The Bertz CT molecular complexity index is 546. The summed E-state index contributed by atoms with van der Waals surface area (Å²) in [5, 5.41) is 14.1.